The second-order valence-electron chi connectivity index (χ2n) is 7.55. The Hall–Kier alpha value is -3.26. The van der Waals surface area contributed by atoms with Gasteiger partial charge in [0.25, 0.3) is 5.91 Å². The highest BCUT2D eigenvalue weighted by Gasteiger charge is 2.31. The van der Waals surface area contributed by atoms with Crippen LogP contribution in [0.5, 0.6) is 0 Å². The number of pyridine rings is 1. The molecule has 0 aliphatic heterocycles. The number of nitrogens with one attached hydrogen (secondary N) is 1. The standard InChI is InChI=1S/C21H24N4O4/c1-12(2)25-18-16(10-23-25)15(19(26)22-11-21(4,29)20(27)28)9-17(24-18)14-8-6-5-7-13(14)3/h5-10,12,29H,11H2,1-4H3,(H,22,26)(H,27,28). The summed E-state index contributed by atoms with van der Waals surface area (Å²) < 4.78 is 1.74. The van der Waals surface area contributed by atoms with E-state index in [4.69, 9.17) is 10.1 Å². The number of rotatable bonds is 6. The Morgan fingerprint density at radius 1 is 1.28 bits per heavy atom. The van der Waals surface area contributed by atoms with Crippen molar-refractivity contribution in [2.45, 2.75) is 39.3 Å². The average molecular weight is 396 g/mol. The van der Waals surface area contributed by atoms with Crippen molar-refractivity contribution in [2.24, 2.45) is 0 Å². The number of carbonyl (C=O) groups excluding carboxylic acids is 1. The van der Waals surface area contributed by atoms with Gasteiger partial charge in [0.2, 0.25) is 0 Å². The van der Waals surface area contributed by atoms with E-state index in [1.54, 1.807) is 16.9 Å². The molecule has 2 heterocycles. The van der Waals surface area contributed by atoms with Gasteiger partial charge in [-0.25, -0.2) is 14.5 Å². The van der Waals surface area contributed by atoms with Gasteiger partial charge >= 0.3 is 5.97 Å². The summed E-state index contributed by atoms with van der Waals surface area (Å²) in [5, 5.41) is 26.4. The minimum absolute atomic E-state index is 0.0378. The average Bonchev–Trinajstić information content (AvgIpc) is 3.10. The number of amides is 1. The third-order valence-corrected chi connectivity index (χ3v) is 4.78. The number of carboxylic acids is 1. The van der Waals surface area contributed by atoms with Crippen molar-refractivity contribution in [3.63, 3.8) is 0 Å². The highest BCUT2D eigenvalue weighted by Crippen LogP contribution is 2.28. The van der Waals surface area contributed by atoms with Gasteiger partial charge in [-0.1, -0.05) is 24.3 Å². The number of aromatic nitrogens is 3. The van der Waals surface area contributed by atoms with Gasteiger partial charge in [0.05, 0.1) is 29.4 Å². The van der Waals surface area contributed by atoms with E-state index in [2.05, 4.69) is 10.4 Å². The molecule has 1 amide bonds. The van der Waals surface area contributed by atoms with Gasteiger partial charge in [-0.3, -0.25) is 4.79 Å². The van der Waals surface area contributed by atoms with E-state index in [-0.39, 0.29) is 6.04 Å². The van der Waals surface area contributed by atoms with Crippen molar-refractivity contribution in [1.82, 2.24) is 20.1 Å². The lowest BCUT2D eigenvalue weighted by atomic mass is 10.0. The summed E-state index contributed by atoms with van der Waals surface area (Å²) in [6.07, 6.45) is 1.58. The van der Waals surface area contributed by atoms with Crippen molar-refractivity contribution in [3.05, 3.63) is 47.7 Å². The Bertz CT molecular complexity index is 1090. The van der Waals surface area contributed by atoms with Crippen LogP contribution in [-0.4, -0.2) is 49.0 Å². The zero-order valence-electron chi connectivity index (χ0n) is 16.8. The Kier molecular flexibility index (Phi) is 5.39. The number of carbonyl (C=O) groups is 2. The van der Waals surface area contributed by atoms with Crippen LogP contribution >= 0.6 is 0 Å². The Morgan fingerprint density at radius 3 is 2.59 bits per heavy atom. The number of hydrogen-bond donors (Lipinski definition) is 3. The Morgan fingerprint density at radius 2 is 1.97 bits per heavy atom. The van der Waals surface area contributed by atoms with Crippen LogP contribution in [-0.2, 0) is 4.79 Å². The molecule has 0 fully saturated rings. The molecule has 8 nitrogen and oxygen atoms in total. The van der Waals surface area contributed by atoms with E-state index in [1.165, 1.54) is 0 Å². The maximum absolute atomic E-state index is 12.9. The van der Waals surface area contributed by atoms with Crippen LogP contribution in [0.4, 0.5) is 0 Å². The van der Waals surface area contributed by atoms with Crippen molar-refractivity contribution >= 4 is 22.9 Å². The molecule has 152 valence electrons. The highest BCUT2D eigenvalue weighted by atomic mass is 16.4. The summed E-state index contributed by atoms with van der Waals surface area (Å²) >= 11 is 0. The minimum Gasteiger partial charge on any atom is -0.479 e. The molecule has 1 aromatic carbocycles. The molecule has 0 radical (unpaired) electrons. The quantitative estimate of drug-likeness (QED) is 0.589. The lowest BCUT2D eigenvalue weighted by Crippen LogP contribution is -2.46. The van der Waals surface area contributed by atoms with Gasteiger partial charge in [-0.2, -0.15) is 5.10 Å². The Balaban J connectivity index is 2.11. The summed E-state index contributed by atoms with van der Waals surface area (Å²) in [7, 11) is 0. The van der Waals surface area contributed by atoms with Crippen molar-refractivity contribution in [2.75, 3.05) is 6.54 Å². The number of benzene rings is 1. The lowest BCUT2D eigenvalue weighted by molar-refractivity contribution is -0.155. The zero-order chi connectivity index (χ0) is 21.3. The number of carboxylic acid groups (broad SMARTS) is 1. The summed E-state index contributed by atoms with van der Waals surface area (Å²) in [6, 6.07) is 9.42. The van der Waals surface area contributed by atoms with Gasteiger partial charge in [-0.05, 0) is 39.3 Å². The van der Waals surface area contributed by atoms with Crippen LogP contribution in [0.2, 0.25) is 0 Å². The first kappa shape index (κ1) is 20.5. The minimum atomic E-state index is -2.07. The molecule has 3 aromatic rings. The third kappa shape index (κ3) is 3.97. The van der Waals surface area contributed by atoms with Crippen LogP contribution in [0.15, 0.2) is 36.5 Å². The molecule has 0 aliphatic rings. The SMILES string of the molecule is Cc1ccccc1-c1cc(C(=O)NCC(C)(O)C(=O)O)c2cnn(C(C)C)c2n1. The van der Waals surface area contributed by atoms with Gasteiger partial charge in [0.1, 0.15) is 0 Å². The van der Waals surface area contributed by atoms with Crippen LogP contribution in [0.3, 0.4) is 0 Å². The number of nitrogens with zero attached hydrogens (tertiary/aromatic N) is 3. The van der Waals surface area contributed by atoms with E-state index in [9.17, 15) is 14.7 Å². The summed E-state index contributed by atoms with van der Waals surface area (Å²) in [5.41, 5.74) is 1.33. The molecule has 0 bridgehead atoms. The second kappa shape index (κ2) is 7.63. The monoisotopic (exact) mass is 396 g/mol. The maximum atomic E-state index is 12.9. The number of fused-ring (bicyclic) bond motifs is 1. The Labute approximate surface area is 168 Å². The van der Waals surface area contributed by atoms with Crippen molar-refractivity contribution in [3.8, 4) is 11.3 Å². The fourth-order valence-electron chi connectivity index (χ4n) is 3.01. The normalized spacial score (nSPS) is 13.4. The molecule has 0 aliphatic carbocycles. The van der Waals surface area contributed by atoms with E-state index in [1.807, 2.05) is 45.0 Å². The molecular formula is C21H24N4O4. The molecule has 0 saturated heterocycles. The van der Waals surface area contributed by atoms with Gasteiger partial charge in [0, 0.05) is 11.6 Å². The van der Waals surface area contributed by atoms with E-state index in [0.717, 1.165) is 18.1 Å². The molecule has 0 spiro atoms. The second-order valence-corrected chi connectivity index (χ2v) is 7.55. The molecule has 0 saturated carbocycles. The molecule has 3 N–H and O–H groups in total. The predicted octanol–water partition coefficient (Wildman–Crippen LogP) is 2.55. The smallest absolute Gasteiger partial charge is 0.337 e. The molecule has 3 rings (SSSR count). The first-order valence-electron chi connectivity index (χ1n) is 9.30. The van der Waals surface area contributed by atoms with Crippen LogP contribution in [0.1, 0.15) is 42.7 Å². The first-order chi connectivity index (χ1) is 13.6. The van der Waals surface area contributed by atoms with Crippen molar-refractivity contribution < 1.29 is 19.8 Å². The summed E-state index contributed by atoms with van der Waals surface area (Å²) in [4.78, 5) is 28.8. The van der Waals surface area contributed by atoms with E-state index in [0.29, 0.717) is 22.3 Å². The van der Waals surface area contributed by atoms with E-state index < -0.39 is 24.0 Å². The van der Waals surface area contributed by atoms with Gasteiger partial charge in [-0.15, -0.1) is 0 Å². The molecule has 29 heavy (non-hydrogen) atoms. The predicted molar refractivity (Wildman–Crippen MR) is 109 cm³/mol. The first-order valence-corrected chi connectivity index (χ1v) is 9.30. The van der Waals surface area contributed by atoms with Gasteiger partial charge < -0.3 is 15.5 Å². The largest absolute Gasteiger partial charge is 0.479 e. The fourth-order valence-corrected chi connectivity index (χ4v) is 3.01. The maximum Gasteiger partial charge on any atom is 0.337 e. The van der Waals surface area contributed by atoms with Crippen LogP contribution < -0.4 is 5.32 Å². The number of aryl methyl sites for hydroxylation is 1. The van der Waals surface area contributed by atoms with Crippen LogP contribution in [0, 0.1) is 6.92 Å². The lowest BCUT2D eigenvalue weighted by Gasteiger charge is -2.18. The number of aliphatic hydroxyl groups is 1. The molecule has 8 heteroatoms. The summed E-state index contributed by atoms with van der Waals surface area (Å²) in [6.45, 7) is 6.61. The third-order valence-electron chi connectivity index (χ3n) is 4.78. The zero-order valence-corrected chi connectivity index (χ0v) is 16.8. The molecule has 2 aromatic heterocycles. The van der Waals surface area contributed by atoms with E-state index >= 15 is 0 Å². The molecule has 1 unspecified atom stereocenters. The number of hydrogen-bond acceptors (Lipinski definition) is 5. The summed E-state index contributed by atoms with van der Waals surface area (Å²) in [5.74, 6) is -1.91. The number of aliphatic carboxylic acids is 1. The topological polar surface area (TPSA) is 117 Å². The van der Waals surface area contributed by atoms with Crippen molar-refractivity contribution in [1.29, 1.82) is 0 Å². The fraction of sp³-hybridized carbons (Fsp3) is 0.333. The van der Waals surface area contributed by atoms with Gasteiger partial charge in [0.15, 0.2) is 11.2 Å². The van der Waals surface area contributed by atoms with Crippen LogP contribution in [0.25, 0.3) is 22.3 Å². The highest BCUT2D eigenvalue weighted by molar-refractivity contribution is 6.06. The molecule has 1 atom stereocenters. The molecular weight excluding hydrogens is 372 g/mol.